The van der Waals surface area contributed by atoms with Gasteiger partial charge in [0.25, 0.3) is 0 Å². The molecule has 6 N–H and O–H groups in total. The first-order valence-corrected chi connectivity index (χ1v) is 17.0. The van der Waals surface area contributed by atoms with E-state index in [1.807, 2.05) is 6.92 Å². The molecule has 1 aliphatic rings. The van der Waals surface area contributed by atoms with E-state index in [1.54, 1.807) is 20.8 Å². The molecule has 47 heavy (non-hydrogen) atoms. The van der Waals surface area contributed by atoms with E-state index in [1.165, 1.54) is 6.92 Å². The number of hydrogen-bond donors (Lipinski definition) is 6. The fraction of sp³-hybridized carbons (Fsp3) is 0.767. The zero-order valence-electron chi connectivity index (χ0n) is 28.1. The number of imide groups is 1. The third kappa shape index (κ3) is 17.9. The SMILES string of the molecule is CCCNC(=O)C(CSC1CC(=O)N(CCC(=O)NC(CCCCNC(=O)OC(C)(C)C)C(=O)NCCOCCO)C1=O)NC(C)=O. The van der Waals surface area contributed by atoms with E-state index in [0.29, 0.717) is 32.4 Å². The molecule has 0 aromatic heterocycles. The van der Waals surface area contributed by atoms with Crippen molar-refractivity contribution in [2.75, 3.05) is 51.8 Å². The molecule has 16 nitrogen and oxygen atoms in total. The van der Waals surface area contributed by atoms with E-state index in [2.05, 4.69) is 26.6 Å². The van der Waals surface area contributed by atoms with Crippen molar-refractivity contribution < 1.29 is 48.1 Å². The minimum Gasteiger partial charge on any atom is -0.444 e. The Morgan fingerprint density at radius 2 is 1.64 bits per heavy atom. The van der Waals surface area contributed by atoms with Gasteiger partial charge in [-0.1, -0.05) is 6.92 Å². The van der Waals surface area contributed by atoms with E-state index >= 15 is 0 Å². The third-order valence-electron chi connectivity index (χ3n) is 6.49. The molecule has 0 aliphatic carbocycles. The Balaban J connectivity index is 2.68. The van der Waals surface area contributed by atoms with Crippen molar-refractivity contribution in [2.24, 2.45) is 0 Å². The molecule has 1 fully saturated rings. The zero-order valence-corrected chi connectivity index (χ0v) is 28.9. The number of ether oxygens (including phenoxy) is 2. The molecule has 1 aliphatic heterocycles. The van der Waals surface area contributed by atoms with Gasteiger partial charge in [-0.25, -0.2) is 4.79 Å². The predicted octanol–water partition coefficient (Wildman–Crippen LogP) is -0.427. The van der Waals surface area contributed by atoms with Crippen LogP contribution < -0.4 is 26.6 Å². The van der Waals surface area contributed by atoms with Crippen LogP contribution in [0, 0.1) is 0 Å². The largest absolute Gasteiger partial charge is 0.444 e. The van der Waals surface area contributed by atoms with Gasteiger partial charge in [0, 0.05) is 51.7 Å². The highest BCUT2D eigenvalue weighted by atomic mass is 32.2. The van der Waals surface area contributed by atoms with Crippen LogP contribution in [0.2, 0.25) is 0 Å². The van der Waals surface area contributed by atoms with Gasteiger partial charge in [-0.2, -0.15) is 0 Å². The van der Waals surface area contributed by atoms with Crippen LogP contribution in [0.3, 0.4) is 0 Å². The van der Waals surface area contributed by atoms with Crippen molar-refractivity contribution in [3.8, 4) is 0 Å². The van der Waals surface area contributed by atoms with Gasteiger partial charge in [-0.3, -0.25) is 33.7 Å². The molecule has 17 heteroatoms. The summed E-state index contributed by atoms with van der Waals surface area (Å²) in [5.41, 5.74) is -0.634. The van der Waals surface area contributed by atoms with Crippen molar-refractivity contribution in [3.05, 3.63) is 0 Å². The molecule has 1 rings (SSSR count). The molecule has 0 radical (unpaired) electrons. The van der Waals surface area contributed by atoms with Crippen molar-refractivity contribution in [3.63, 3.8) is 0 Å². The molecule has 0 bridgehead atoms. The minimum absolute atomic E-state index is 0.0856. The second-order valence-corrected chi connectivity index (χ2v) is 13.1. The number of rotatable bonds is 22. The number of nitrogens with zero attached hydrogens (tertiary/aromatic N) is 1. The number of hydrogen-bond acceptors (Lipinski definition) is 11. The lowest BCUT2D eigenvalue weighted by Crippen LogP contribution is -2.48. The van der Waals surface area contributed by atoms with Gasteiger partial charge < -0.3 is 41.2 Å². The molecule has 268 valence electrons. The van der Waals surface area contributed by atoms with Gasteiger partial charge in [-0.15, -0.1) is 11.8 Å². The number of unbranched alkanes of at least 4 members (excludes halogenated alkanes) is 1. The van der Waals surface area contributed by atoms with Crippen LogP contribution in [0.1, 0.15) is 73.1 Å². The highest BCUT2D eigenvalue weighted by Crippen LogP contribution is 2.26. The number of amides is 7. The quantitative estimate of drug-likeness (QED) is 0.0633. The fourth-order valence-corrected chi connectivity index (χ4v) is 5.48. The van der Waals surface area contributed by atoms with Crippen LogP contribution in [0.15, 0.2) is 0 Å². The maximum Gasteiger partial charge on any atom is 0.407 e. The maximum atomic E-state index is 13.0. The molecule has 7 amide bonds. The van der Waals surface area contributed by atoms with E-state index in [9.17, 15) is 33.6 Å². The summed E-state index contributed by atoms with van der Waals surface area (Å²) in [5, 5.41) is 21.3. The zero-order chi connectivity index (χ0) is 35.4. The van der Waals surface area contributed by atoms with Crippen LogP contribution in [0.5, 0.6) is 0 Å². The molecule has 1 saturated heterocycles. The van der Waals surface area contributed by atoms with E-state index in [4.69, 9.17) is 14.6 Å². The minimum atomic E-state index is -0.917. The van der Waals surface area contributed by atoms with E-state index in [-0.39, 0.29) is 63.8 Å². The van der Waals surface area contributed by atoms with Crippen LogP contribution in [0.25, 0.3) is 0 Å². The summed E-state index contributed by atoms with van der Waals surface area (Å²) in [6.45, 7) is 9.28. The molecule has 3 atom stereocenters. The van der Waals surface area contributed by atoms with Crippen LogP contribution >= 0.6 is 11.8 Å². The Labute approximate surface area is 280 Å². The topological polar surface area (TPSA) is 222 Å². The molecular formula is C30H52N6O10S. The van der Waals surface area contributed by atoms with Gasteiger partial charge in [0.15, 0.2) is 0 Å². The number of aliphatic hydroxyl groups excluding tert-OH is 1. The molecular weight excluding hydrogens is 636 g/mol. The van der Waals surface area contributed by atoms with Crippen LogP contribution in [0.4, 0.5) is 4.79 Å². The first-order chi connectivity index (χ1) is 22.2. The Morgan fingerprint density at radius 1 is 0.957 bits per heavy atom. The Hall–Kier alpha value is -3.44. The fourth-order valence-electron chi connectivity index (χ4n) is 4.29. The normalized spacial score (nSPS) is 15.9. The smallest absolute Gasteiger partial charge is 0.407 e. The summed E-state index contributed by atoms with van der Waals surface area (Å²) < 4.78 is 10.3. The first-order valence-electron chi connectivity index (χ1n) is 15.9. The van der Waals surface area contributed by atoms with Gasteiger partial charge in [0.05, 0.1) is 25.1 Å². The average molecular weight is 689 g/mol. The van der Waals surface area contributed by atoms with E-state index < -0.39 is 58.6 Å². The summed E-state index contributed by atoms with van der Waals surface area (Å²) in [6.07, 6.45) is 1.07. The summed E-state index contributed by atoms with van der Waals surface area (Å²) in [4.78, 5) is 88.2. The summed E-state index contributed by atoms with van der Waals surface area (Å²) in [7, 11) is 0. The maximum absolute atomic E-state index is 13.0. The van der Waals surface area contributed by atoms with Crippen LogP contribution in [-0.4, -0.2) is 126 Å². The summed E-state index contributed by atoms with van der Waals surface area (Å²) >= 11 is 1.09. The Bertz CT molecular complexity index is 1070. The average Bonchev–Trinajstić information content (AvgIpc) is 3.26. The lowest BCUT2D eigenvalue weighted by atomic mass is 10.1. The summed E-state index contributed by atoms with van der Waals surface area (Å²) in [5.74, 6) is -2.63. The molecule has 0 spiro atoms. The van der Waals surface area contributed by atoms with Gasteiger partial charge in [0.2, 0.25) is 35.4 Å². The van der Waals surface area contributed by atoms with Gasteiger partial charge >= 0.3 is 6.09 Å². The lowest BCUT2D eigenvalue weighted by Gasteiger charge is -2.21. The molecule has 0 aromatic rings. The van der Waals surface area contributed by atoms with Gasteiger partial charge in [0.1, 0.15) is 17.7 Å². The van der Waals surface area contributed by atoms with Crippen molar-refractivity contribution >= 4 is 53.3 Å². The second-order valence-electron chi connectivity index (χ2n) is 11.9. The number of likely N-dealkylation sites (tertiary alicyclic amines) is 1. The molecule has 0 saturated carbocycles. The number of carbonyl (C=O) groups is 7. The van der Waals surface area contributed by atoms with Crippen molar-refractivity contribution in [1.82, 2.24) is 31.5 Å². The highest BCUT2D eigenvalue weighted by Gasteiger charge is 2.39. The monoisotopic (exact) mass is 688 g/mol. The van der Waals surface area contributed by atoms with Gasteiger partial charge in [-0.05, 0) is 46.5 Å². The summed E-state index contributed by atoms with van der Waals surface area (Å²) in [6, 6.07) is -1.79. The molecule has 1 heterocycles. The third-order valence-corrected chi connectivity index (χ3v) is 7.79. The predicted molar refractivity (Wildman–Crippen MR) is 174 cm³/mol. The standard InChI is InChI=1S/C30H52N6O10S/c1-6-11-31-27(42)22(34-20(2)38)19-47-23-18-25(40)36(28(23)43)14-10-24(39)35-21(26(41)32-13-16-45-17-15-37)9-7-8-12-33-29(44)46-30(3,4)5/h21-23,37H,6-19H2,1-5H3,(H,31,42)(H,32,41)(H,33,44)(H,34,38)(H,35,39). The number of nitrogens with one attached hydrogen (secondary N) is 5. The Morgan fingerprint density at radius 3 is 2.28 bits per heavy atom. The second kappa shape index (κ2) is 22.2. The van der Waals surface area contributed by atoms with Crippen molar-refractivity contribution in [1.29, 1.82) is 0 Å². The number of aliphatic hydroxyl groups is 1. The number of alkyl carbamates (subject to hydrolysis) is 1. The first kappa shape index (κ1) is 41.6. The molecule has 3 unspecified atom stereocenters. The number of thioether (sulfide) groups is 1. The highest BCUT2D eigenvalue weighted by molar-refractivity contribution is 8.00. The lowest BCUT2D eigenvalue weighted by molar-refractivity contribution is -0.139. The van der Waals surface area contributed by atoms with Crippen molar-refractivity contribution in [2.45, 2.75) is 96.1 Å². The molecule has 0 aromatic carbocycles. The van der Waals surface area contributed by atoms with Crippen LogP contribution in [-0.2, 0) is 38.2 Å². The van der Waals surface area contributed by atoms with E-state index in [0.717, 1.165) is 16.7 Å². The number of carbonyl (C=O) groups excluding carboxylic acids is 7. The Kier molecular flexibility index (Phi) is 19.6.